The summed E-state index contributed by atoms with van der Waals surface area (Å²) in [5.74, 6) is 1.50. The van der Waals surface area contributed by atoms with Gasteiger partial charge in [0.25, 0.3) is 0 Å². The van der Waals surface area contributed by atoms with Crippen molar-refractivity contribution in [2.24, 2.45) is 4.99 Å². The van der Waals surface area contributed by atoms with Gasteiger partial charge in [0.15, 0.2) is 0 Å². The molecule has 0 bridgehead atoms. The van der Waals surface area contributed by atoms with Crippen LogP contribution < -0.4 is 0 Å². The van der Waals surface area contributed by atoms with E-state index in [1.165, 1.54) is 16.8 Å². The Morgan fingerprint density at radius 2 is 1.91 bits per heavy atom. The van der Waals surface area contributed by atoms with Gasteiger partial charge in [-0.1, -0.05) is 50.3 Å². The maximum atomic E-state index is 4.42. The number of allylic oxidation sites excluding steroid dienone is 3. The number of H-pyrrole nitrogens is 1. The quantitative estimate of drug-likeness (QED) is 0.731. The Bertz CT molecular complexity index is 673. The van der Waals surface area contributed by atoms with Crippen molar-refractivity contribution in [1.29, 1.82) is 0 Å². The van der Waals surface area contributed by atoms with Gasteiger partial charge in [-0.15, -0.1) is 0 Å². The highest BCUT2D eigenvalue weighted by molar-refractivity contribution is 5.71. The van der Waals surface area contributed by atoms with Crippen molar-refractivity contribution in [2.75, 3.05) is 0 Å². The van der Waals surface area contributed by atoms with Gasteiger partial charge >= 0.3 is 0 Å². The van der Waals surface area contributed by atoms with Crippen LogP contribution in [0.15, 0.2) is 59.9 Å². The molecule has 1 aromatic heterocycles. The Balaban J connectivity index is 1.88. The molecule has 3 nitrogen and oxygen atoms in total. The van der Waals surface area contributed by atoms with Gasteiger partial charge in [-0.05, 0) is 30.5 Å². The van der Waals surface area contributed by atoms with Gasteiger partial charge in [0.2, 0.25) is 0 Å². The van der Waals surface area contributed by atoms with Crippen molar-refractivity contribution in [2.45, 2.75) is 39.5 Å². The highest BCUT2D eigenvalue weighted by Crippen LogP contribution is 2.13. The van der Waals surface area contributed by atoms with E-state index in [1.807, 2.05) is 25.3 Å². The SMILES string of the molecule is C\C=C/N=C\C=C\Cc1ccc(Cc2cnc(C(C)C)[nH]2)cc1. The first-order valence-electron chi connectivity index (χ1n) is 8.10. The molecule has 0 aliphatic heterocycles. The maximum absolute atomic E-state index is 4.42. The highest BCUT2D eigenvalue weighted by atomic mass is 14.9. The average molecular weight is 307 g/mol. The number of nitrogens with zero attached hydrogens (tertiary/aromatic N) is 2. The van der Waals surface area contributed by atoms with Crippen LogP contribution in [-0.4, -0.2) is 16.2 Å². The molecule has 0 unspecified atom stereocenters. The Morgan fingerprint density at radius 1 is 1.17 bits per heavy atom. The Morgan fingerprint density at radius 3 is 2.57 bits per heavy atom. The first-order chi connectivity index (χ1) is 11.2. The van der Waals surface area contributed by atoms with E-state index in [0.717, 1.165) is 18.7 Å². The molecule has 0 amide bonds. The fourth-order valence-electron chi connectivity index (χ4n) is 2.22. The minimum atomic E-state index is 0.439. The van der Waals surface area contributed by atoms with Crippen LogP contribution in [0.2, 0.25) is 0 Å². The Hall–Kier alpha value is -2.42. The van der Waals surface area contributed by atoms with Crippen molar-refractivity contribution < 1.29 is 0 Å². The minimum Gasteiger partial charge on any atom is -0.345 e. The van der Waals surface area contributed by atoms with Gasteiger partial charge in [0.05, 0.1) is 0 Å². The largest absolute Gasteiger partial charge is 0.345 e. The molecule has 1 N–H and O–H groups in total. The molecule has 0 spiro atoms. The zero-order valence-corrected chi connectivity index (χ0v) is 14.2. The number of rotatable bonds is 7. The van der Waals surface area contributed by atoms with Gasteiger partial charge in [0.1, 0.15) is 5.82 Å². The zero-order chi connectivity index (χ0) is 16.5. The lowest BCUT2D eigenvalue weighted by Crippen LogP contribution is -1.92. The van der Waals surface area contributed by atoms with Gasteiger partial charge in [-0.25, -0.2) is 4.98 Å². The minimum absolute atomic E-state index is 0.439. The highest BCUT2D eigenvalue weighted by Gasteiger charge is 2.05. The van der Waals surface area contributed by atoms with E-state index in [-0.39, 0.29) is 0 Å². The first-order valence-corrected chi connectivity index (χ1v) is 8.10. The van der Waals surface area contributed by atoms with Crippen molar-refractivity contribution in [1.82, 2.24) is 9.97 Å². The van der Waals surface area contributed by atoms with E-state index in [1.54, 1.807) is 12.4 Å². The third kappa shape index (κ3) is 5.70. The summed E-state index contributed by atoms with van der Waals surface area (Å²) in [6, 6.07) is 8.74. The Labute approximate surface area is 138 Å². The molecule has 2 rings (SSSR count). The number of nitrogens with one attached hydrogen (secondary N) is 1. The number of imidazole rings is 1. The van der Waals surface area contributed by atoms with Gasteiger partial charge in [0, 0.05) is 36.6 Å². The molecule has 0 fully saturated rings. The van der Waals surface area contributed by atoms with Crippen LogP contribution in [0.1, 0.15) is 49.3 Å². The molecule has 0 atom stereocenters. The molecular weight excluding hydrogens is 282 g/mol. The van der Waals surface area contributed by atoms with Crippen LogP contribution in [0.5, 0.6) is 0 Å². The molecule has 120 valence electrons. The lowest BCUT2D eigenvalue weighted by molar-refractivity contribution is 0.790. The molecule has 1 aromatic carbocycles. The first kappa shape index (κ1) is 16.9. The van der Waals surface area contributed by atoms with E-state index in [0.29, 0.717) is 5.92 Å². The second-order valence-corrected chi connectivity index (χ2v) is 5.85. The predicted molar refractivity (Wildman–Crippen MR) is 98.1 cm³/mol. The van der Waals surface area contributed by atoms with Gasteiger partial charge in [-0.2, -0.15) is 0 Å². The maximum Gasteiger partial charge on any atom is 0.108 e. The summed E-state index contributed by atoms with van der Waals surface area (Å²) >= 11 is 0. The average Bonchev–Trinajstić information content (AvgIpc) is 3.01. The summed E-state index contributed by atoms with van der Waals surface area (Å²) in [6.45, 7) is 6.25. The van der Waals surface area contributed by atoms with Crippen LogP contribution in [0.4, 0.5) is 0 Å². The summed E-state index contributed by atoms with van der Waals surface area (Å²) in [5, 5.41) is 0. The second-order valence-electron chi connectivity index (χ2n) is 5.85. The standard InChI is InChI=1S/C20H25N3/c1-4-12-21-13-6-5-7-17-8-10-18(11-9-17)14-19-15-22-20(23-19)16(2)3/h4-6,8-13,15-16H,7,14H2,1-3H3,(H,22,23)/b6-5+,12-4-,21-13-. The molecule has 1 heterocycles. The van der Waals surface area contributed by atoms with E-state index < -0.39 is 0 Å². The summed E-state index contributed by atoms with van der Waals surface area (Å²) in [4.78, 5) is 11.9. The zero-order valence-electron chi connectivity index (χ0n) is 14.2. The van der Waals surface area contributed by atoms with Crippen molar-refractivity contribution in [3.8, 4) is 0 Å². The van der Waals surface area contributed by atoms with Gasteiger partial charge in [-0.3, -0.25) is 4.99 Å². The Kier molecular flexibility index (Phi) is 6.55. The second kappa shape index (κ2) is 8.89. The van der Waals surface area contributed by atoms with Crippen LogP contribution >= 0.6 is 0 Å². The molecule has 2 aromatic rings. The van der Waals surface area contributed by atoms with Crippen molar-refractivity contribution in [3.05, 3.63) is 77.5 Å². The molecule has 0 aliphatic rings. The number of aliphatic imine (C=N–C) groups is 1. The number of aromatic nitrogens is 2. The van der Waals surface area contributed by atoms with E-state index in [2.05, 4.69) is 59.1 Å². The van der Waals surface area contributed by atoms with Gasteiger partial charge < -0.3 is 4.98 Å². The van der Waals surface area contributed by atoms with E-state index >= 15 is 0 Å². The molecule has 0 radical (unpaired) electrons. The normalized spacial score (nSPS) is 12.3. The lowest BCUT2D eigenvalue weighted by atomic mass is 10.1. The van der Waals surface area contributed by atoms with E-state index in [4.69, 9.17) is 0 Å². The molecule has 0 aliphatic carbocycles. The predicted octanol–water partition coefficient (Wildman–Crippen LogP) is 4.83. The third-order valence-corrected chi connectivity index (χ3v) is 3.51. The summed E-state index contributed by atoms with van der Waals surface area (Å²) in [5.41, 5.74) is 3.77. The summed E-state index contributed by atoms with van der Waals surface area (Å²) in [6.07, 6.45) is 13.3. The number of aromatic amines is 1. The number of benzene rings is 1. The van der Waals surface area contributed by atoms with Crippen LogP contribution in [-0.2, 0) is 12.8 Å². The fraction of sp³-hybridized carbons (Fsp3) is 0.300. The van der Waals surface area contributed by atoms with Crippen LogP contribution in [0.25, 0.3) is 0 Å². The van der Waals surface area contributed by atoms with Crippen LogP contribution in [0, 0.1) is 0 Å². The van der Waals surface area contributed by atoms with Crippen molar-refractivity contribution >= 4 is 6.21 Å². The topological polar surface area (TPSA) is 41.0 Å². The van der Waals surface area contributed by atoms with Crippen LogP contribution in [0.3, 0.4) is 0 Å². The smallest absolute Gasteiger partial charge is 0.108 e. The van der Waals surface area contributed by atoms with E-state index in [9.17, 15) is 0 Å². The third-order valence-electron chi connectivity index (χ3n) is 3.51. The molecule has 0 saturated carbocycles. The summed E-state index contributed by atoms with van der Waals surface area (Å²) < 4.78 is 0. The molecule has 0 saturated heterocycles. The molecule has 3 heteroatoms. The van der Waals surface area contributed by atoms with Crippen molar-refractivity contribution in [3.63, 3.8) is 0 Å². The monoisotopic (exact) mass is 307 g/mol. The molecule has 23 heavy (non-hydrogen) atoms. The molecular formula is C20H25N3. The fourth-order valence-corrected chi connectivity index (χ4v) is 2.22. The number of hydrogen-bond acceptors (Lipinski definition) is 2. The number of hydrogen-bond donors (Lipinski definition) is 1. The lowest BCUT2D eigenvalue weighted by Gasteiger charge is -2.02. The summed E-state index contributed by atoms with van der Waals surface area (Å²) in [7, 11) is 0.